The minimum absolute atomic E-state index is 0.0581. The first-order valence-electron chi connectivity index (χ1n) is 9.22. The van der Waals surface area contributed by atoms with Gasteiger partial charge >= 0.3 is 0 Å². The molecule has 0 saturated heterocycles. The number of hydrogen-bond acceptors (Lipinski definition) is 5. The molecule has 0 amide bonds. The van der Waals surface area contributed by atoms with Gasteiger partial charge in [-0.3, -0.25) is 14.9 Å². The molecule has 2 aliphatic carbocycles. The molecule has 1 atom stereocenters. The summed E-state index contributed by atoms with van der Waals surface area (Å²) in [5.41, 5.74) is 5.05. The standard InChI is InChI=1S/C21H22N2O3S/c1-4-21(14-6-5-7-15(9-14)23(25)26)18-13(8-16-19(21)27-12-22-16)10-20(2,3)11-17(18)24/h5-7,9,12H,4,8,10-11H2,1-3H3. The second-order valence-corrected chi connectivity index (χ2v) is 9.15. The summed E-state index contributed by atoms with van der Waals surface area (Å²) < 4.78 is 0. The van der Waals surface area contributed by atoms with Gasteiger partial charge < -0.3 is 0 Å². The van der Waals surface area contributed by atoms with Crippen LogP contribution in [0.5, 0.6) is 0 Å². The fraction of sp³-hybridized carbons (Fsp3) is 0.429. The lowest BCUT2D eigenvalue weighted by molar-refractivity contribution is -0.384. The molecule has 5 nitrogen and oxygen atoms in total. The molecule has 2 aromatic rings. The summed E-state index contributed by atoms with van der Waals surface area (Å²) in [5.74, 6) is 0.175. The van der Waals surface area contributed by atoms with E-state index in [0.717, 1.165) is 33.7 Å². The van der Waals surface area contributed by atoms with E-state index in [1.54, 1.807) is 23.5 Å². The Hall–Kier alpha value is -2.34. The summed E-state index contributed by atoms with van der Waals surface area (Å²) in [7, 11) is 0. The summed E-state index contributed by atoms with van der Waals surface area (Å²) in [6.07, 6.45) is 2.76. The lowest BCUT2D eigenvalue weighted by Crippen LogP contribution is -2.42. The van der Waals surface area contributed by atoms with Crippen LogP contribution in [-0.2, 0) is 16.6 Å². The molecular weight excluding hydrogens is 360 g/mol. The highest BCUT2D eigenvalue weighted by Gasteiger charge is 2.50. The van der Waals surface area contributed by atoms with Gasteiger partial charge in [0.15, 0.2) is 5.78 Å². The molecular formula is C21H22N2O3S. The van der Waals surface area contributed by atoms with E-state index in [-0.39, 0.29) is 21.8 Å². The number of non-ortho nitro benzene ring substituents is 1. The number of aromatic nitrogens is 1. The summed E-state index contributed by atoms with van der Waals surface area (Å²) in [6, 6.07) is 6.78. The van der Waals surface area contributed by atoms with Crippen molar-refractivity contribution < 1.29 is 9.72 Å². The van der Waals surface area contributed by atoms with Gasteiger partial charge in [0.1, 0.15) is 0 Å². The predicted molar refractivity (Wildman–Crippen MR) is 105 cm³/mol. The van der Waals surface area contributed by atoms with Gasteiger partial charge in [-0.15, -0.1) is 11.3 Å². The first-order valence-corrected chi connectivity index (χ1v) is 10.1. The highest BCUT2D eigenvalue weighted by molar-refractivity contribution is 7.10. The molecule has 0 fully saturated rings. The van der Waals surface area contributed by atoms with Gasteiger partial charge in [0, 0.05) is 35.4 Å². The van der Waals surface area contributed by atoms with Crippen LogP contribution < -0.4 is 0 Å². The number of thiazole rings is 1. The highest BCUT2D eigenvalue weighted by Crippen LogP contribution is 2.55. The normalized spacial score (nSPS) is 23.7. The quantitative estimate of drug-likeness (QED) is 0.554. The van der Waals surface area contributed by atoms with Crippen molar-refractivity contribution >= 4 is 22.8 Å². The van der Waals surface area contributed by atoms with Crippen LogP contribution in [0.1, 0.15) is 56.2 Å². The maximum atomic E-state index is 13.3. The number of carbonyl (C=O) groups excluding carboxylic acids is 1. The second kappa shape index (κ2) is 6.09. The van der Waals surface area contributed by atoms with Crippen LogP contribution in [0.2, 0.25) is 0 Å². The highest BCUT2D eigenvalue weighted by atomic mass is 32.1. The van der Waals surface area contributed by atoms with E-state index in [9.17, 15) is 14.9 Å². The van der Waals surface area contributed by atoms with E-state index in [4.69, 9.17) is 0 Å². The van der Waals surface area contributed by atoms with Crippen LogP contribution in [0, 0.1) is 15.5 Å². The first-order chi connectivity index (χ1) is 12.8. The smallest absolute Gasteiger partial charge is 0.269 e. The number of ketones is 1. The molecule has 0 aliphatic heterocycles. The summed E-state index contributed by atoms with van der Waals surface area (Å²) in [4.78, 5) is 30.0. The minimum Gasteiger partial charge on any atom is -0.294 e. The van der Waals surface area contributed by atoms with E-state index in [0.29, 0.717) is 19.3 Å². The number of nitrogens with zero attached hydrogens (tertiary/aromatic N) is 2. The lowest BCUT2D eigenvalue weighted by atomic mass is 9.59. The Morgan fingerprint density at radius 2 is 2.07 bits per heavy atom. The minimum atomic E-state index is -0.635. The van der Waals surface area contributed by atoms with Gasteiger partial charge in [-0.2, -0.15) is 0 Å². The van der Waals surface area contributed by atoms with Crippen LogP contribution >= 0.6 is 11.3 Å². The van der Waals surface area contributed by atoms with E-state index in [1.165, 1.54) is 6.07 Å². The number of Topliss-reactive ketones (excluding diaryl/α,β-unsaturated/α-hetero) is 1. The average Bonchev–Trinajstić information content (AvgIpc) is 3.07. The largest absolute Gasteiger partial charge is 0.294 e. The molecule has 1 unspecified atom stereocenters. The molecule has 4 rings (SSSR count). The molecule has 0 bridgehead atoms. The summed E-state index contributed by atoms with van der Waals surface area (Å²) >= 11 is 1.56. The number of allylic oxidation sites excluding steroid dienone is 2. The Kier molecular flexibility index (Phi) is 4.07. The molecule has 1 heterocycles. The van der Waals surface area contributed by atoms with Crippen molar-refractivity contribution in [3.63, 3.8) is 0 Å². The number of hydrogen-bond donors (Lipinski definition) is 0. The van der Waals surface area contributed by atoms with E-state index in [1.807, 2.05) is 11.6 Å². The zero-order valence-corrected chi connectivity index (χ0v) is 16.6. The fourth-order valence-corrected chi connectivity index (χ4v) is 6.01. The van der Waals surface area contributed by atoms with Gasteiger partial charge in [-0.25, -0.2) is 4.98 Å². The Morgan fingerprint density at radius 1 is 1.30 bits per heavy atom. The summed E-state index contributed by atoms with van der Waals surface area (Å²) in [6.45, 7) is 6.32. The van der Waals surface area contributed by atoms with Crippen molar-refractivity contribution in [1.29, 1.82) is 0 Å². The zero-order valence-electron chi connectivity index (χ0n) is 15.7. The monoisotopic (exact) mass is 382 g/mol. The van der Waals surface area contributed by atoms with Crippen LogP contribution in [-0.4, -0.2) is 15.7 Å². The van der Waals surface area contributed by atoms with Crippen LogP contribution in [0.3, 0.4) is 0 Å². The van der Waals surface area contributed by atoms with Gasteiger partial charge in [0.05, 0.1) is 21.5 Å². The predicted octanol–water partition coefficient (Wildman–Crippen LogP) is 4.99. The molecule has 0 spiro atoms. The van der Waals surface area contributed by atoms with Crippen LogP contribution in [0.25, 0.3) is 0 Å². The Bertz CT molecular complexity index is 989. The maximum Gasteiger partial charge on any atom is 0.269 e. The van der Waals surface area contributed by atoms with E-state index >= 15 is 0 Å². The van der Waals surface area contributed by atoms with Crippen LogP contribution in [0.4, 0.5) is 5.69 Å². The second-order valence-electron chi connectivity index (χ2n) is 8.29. The lowest BCUT2D eigenvalue weighted by Gasteiger charge is -2.44. The molecule has 0 radical (unpaired) electrons. The van der Waals surface area contributed by atoms with Gasteiger partial charge in [-0.05, 0) is 23.8 Å². The molecule has 140 valence electrons. The molecule has 27 heavy (non-hydrogen) atoms. The number of nitro benzene ring substituents is 1. The zero-order chi connectivity index (χ0) is 19.4. The molecule has 2 aliphatic rings. The molecule has 1 aromatic carbocycles. The van der Waals surface area contributed by atoms with E-state index in [2.05, 4.69) is 25.8 Å². The molecule has 0 N–H and O–H groups in total. The topological polar surface area (TPSA) is 73.1 Å². The third-order valence-corrected chi connectivity index (χ3v) is 6.91. The number of rotatable bonds is 3. The van der Waals surface area contributed by atoms with Gasteiger partial charge in [0.25, 0.3) is 5.69 Å². The van der Waals surface area contributed by atoms with Crippen molar-refractivity contribution in [3.05, 3.63) is 67.2 Å². The van der Waals surface area contributed by atoms with Crippen molar-refractivity contribution in [3.8, 4) is 0 Å². The molecule has 1 aromatic heterocycles. The number of carbonyl (C=O) groups is 1. The number of fused-ring (bicyclic) bond motifs is 1. The van der Waals surface area contributed by atoms with Gasteiger partial charge in [0.2, 0.25) is 0 Å². The average molecular weight is 382 g/mol. The van der Waals surface area contributed by atoms with Crippen LogP contribution in [0.15, 0.2) is 40.9 Å². The third kappa shape index (κ3) is 2.65. The molecule has 6 heteroatoms. The third-order valence-electron chi connectivity index (χ3n) is 5.88. The SMILES string of the molecule is CCC1(c2cccc([N+](=O)[O-])c2)C2=C(Cc3ncsc31)CC(C)(C)CC2=O. The van der Waals surface area contributed by atoms with Gasteiger partial charge in [-0.1, -0.05) is 38.5 Å². The van der Waals surface area contributed by atoms with Crippen molar-refractivity contribution in [1.82, 2.24) is 4.98 Å². The van der Waals surface area contributed by atoms with Crippen molar-refractivity contribution in [2.75, 3.05) is 0 Å². The Labute approximate surface area is 162 Å². The maximum absolute atomic E-state index is 13.3. The molecule has 0 saturated carbocycles. The number of benzene rings is 1. The van der Waals surface area contributed by atoms with E-state index < -0.39 is 5.41 Å². The number of nitro groups is 1. The summed E-state index contributed by atoms with van der Waals surface area (Å²) in [5, 5.41) is 11.4. The fourth-order valence-electron chi connectivity index (χ4n) is 4.90. The van der Waals surface area contributed by atoms with Crippen molar-refractivity contribution in [2.45, 2.75) is 51.9 Å². The first kappa shape index (κ1) is 18.0. The Morgan fingerprint density at radius 3 is 2.78 bits per heavy atom. The Balaban J connectivity index is 2.02. The van der Waals surface area contributed by atoms with Crippen molar-refractivity contribution in [2.24, 2.45) is 5.41 Å².